The molecule has 5 rings (SSSR count). The van der Waals surface area contributed by atoms with E-state index in [2.05, 4.69) is 10.6 Å². The van der Waals surface area contributed by atoms with Crippen molar-refractivity contribution in [3.05, 3.63) is 59.2 Å². The number of hydrogen-bond donors (Lipinski definition) is 2. The minimum Gasteiger partial charge on any atom is -0.653 e. The Kier molecular flexibility index (Phi) is 14.4. The molecule has 17 heteroatoms. The number of rotatable bonds is 2. The average Bonchev–Trinajstić information content (AvgIpc) is 3.57. The molecule has 0 unspecified atom stereocenters. The number of nitrogens with zero attached hydrogens (tertiary/aromatic N) is 4. The van der Waals surface area contributed by atoms with E-state index in [0.717, 1.165) is 56.2 Å². The van der Waals surface area contributed by atoms with Gasteiger partial charge in [-0.15, -0.1) is 11.0 Å². The van der Waals surface area contributed by atoms with Gasteiger partial charge in [-0.3, -0.25) is 0 Å². The first kappa shape index (κ1) is 35.6. The van der Waals surface area contributed by atoms with Crippen LogP contribution in [-0.4, -0.2) is 42.8 Å². The summed E-state index contributed by atoms with van der Waals surface area (Å²) < 4.78 is 0. The van der Waals surface area contributed by atoms with Crippen LogP contribution in [0.4, 0.5) is 11.4 Å². The van der Waals surface area contributed by atoms with Crippen molar-refractivity contribution < 1.29 is 27.7 Å². The van der Waals surface area contributed by atoms with Gasteiger partial charge in [0.15, 0.2) is 0 Å². The molecule has 5 heterocycles. The fourth-order valence-corrected chi connectivity index (χ4v) is 3.59. The zero-order valence-electron chi connectivity index (χ0n) is 20.2. The molecule has 39 heavy (non-hydrogen) atoms. The first-order valence-corrected chi connectivity index (χ1v) is 25.0. The second-order valence-corrected chi connectivity index (χ2v) is 33.4. The van der Waals surface area contributed by atoms with E-state index in [1.54, 1.807) is 0 Å². The van der Waals surface area contributed by atoms with E-state index in [1.807, 2.05) is 74.8 Å². The molecule has 0 spiro atoms. The molecule has 208 valence electrons. The van der Waals surface area contributed by atoms with Crippen molar-refractivity contribution in [3.8, 4) is 0 Å². The summed E-state index contributed by atoms with van der Waals surface area (Å²) in [7, 11) is 38.1. The minimum atomic E-state index is -2.94. The van der Waals surface area contributed by atoms with Gasteiger partial charge in [-0.05, 0) is 24.3 Å². The molecule has 6 nitrogen and oxygen atoms in total. The minimum absolute atomic E-state index is 0. The van der Waals surface area contributed by atoms with Crippen molar-refractivity contribution in [1.82, 2.24) is 19.9 Å². The van der Waals surface area contributed by atoms with Crippen LogP contribution < -0.4 is 20.6 Å². The van der Waals surface area contributed by atoms with E-state index in [9.17, 15) is 0 Å². The van der Waals surface area contributed by atoms with Gasteiger partial charge >= 0.3 is 35.9 Å². The smallest absolute Gasteiger partial charge is 0.653 e. The normalized spacial score (nSPS) is 12.2. The monoisotopic (exact) mass is 758 g/mol. The summed E-state index contributed by atoms with van der Waals surface area (Å²) in [5.74, 6) is 0. The molecule has 2 aliphatic heterocycles. The maximum Gasteiger partial charge on any atom is 2.00 e. The summed E-state index contributed by atoms with van der Waals surface area (Å²) in [5, 5.41) is 4.11. The summed E-state index contributed by atoms with van der Waals surface area (Å²) in [5.41, 5.74) is 9.27. The van der Waals surface area contributed by atoms with E-state index in [0.29, 0.717) is 0 Å². The molecule has 2 aliphatic rings. The zero-order chi connectivity index (χ0) is 28.1. The first-order chi connectivity index (χ1) is 17.7. The Morgan fingerprint density at radius 2 is 0.923 bits per heavy atom. The quantitative estimate of drug-likeness (QED) is 0.207. The third-order valence-electron chi connectivity index (χ3n) is 4.92. The maximum absolute atomic E-state index is 4.99. The molecule has 3 aromatic heterocycles. The van der Waals surface area contributed by atoms with Crippen LogP contribution in [0.3, 0.4) is 0 Å². The molecule has 3 aromatic rings. The molecule has 0 fully saturated rings. The molecule has 0 aromatic carbocycles. The predicted octanol–water partition coefficient (Wildman–Crippen LogP) is 6.32. The molecule has 0 saturated heterocycles. The molecule has 0 saturated carbocycles. The third kappa shape index (κ3) is 12.3. The molecule has 0 amide bonds. The summed E-state index contributed by atoms with van der Waals surface area (Å²) in [6, 6.07) is 12.1. The summed E-state index contributed by atoms with van der Waals surface area (Å²) in [6.07, 6.45) is 8.09. The number of fused-ring (bicyclic) bond motifs is 8. The second kappa shape index (κ2) is 15.8. The molecule has 0 radical (unpaired) electrons. The predicted molar refractivity (Wildman–Crippen MR) is 170 cm³/mol. The van der Waals surface area contributed by atoms with Crippen molar-refractivity contribution in [2.75, 3.05) is 14.1 Å². The van der Waals surface area contributed by atoms with Crippen molar-refractivity contribution in [3.63, 3.8) is 0 Å². The number of quaternary nitrogens is 2. The maximum atomic E-state index is 4.99. The third-order valence-corrected chi connectivity index (χ3v) is 4.92. The zero-order valence-corrected chi connectivity index (χ0v) is 29.7. The fraction of sp³-hybridized carbons (Fsp3) is 0.0909. The van der Waals surface area contributed by atoms with Crippen LogP contribution in [-0.2, 0) is 17.1 Å². The van der Waals surface area contributed by atoms with Gasteiger partial charge in [0.05, 0.1) is 25.5 Å². The SMILES string of the molecule is C[NH2+]c1c2nc(cc3ccc([n-]3)c([NH2+]C)c3nc(cc4ccc1[n-]4)C=C3)C=C2.[Cl][Al-]([Cl])([Cl])[Cl].[Cl][Al-]([Cl])([Cl])[Cl].[Fe+2]. The van der Waals surface area contributed by atoms with Gasteiger partial charge in [0.2, 0.25) is 0 Å². The number of hydrogen-bond acceptors (Lipinski definition) is 2. The van der Waals surface area contributed by atoms with Crippen LogP contribution in [0.15, 0.2) is 36.4 Å². The Labute approximate surface area is 274 Å². The standard InChI is InChI=1S/C22H18N6.2Al.8ClH.Fe/c1-23-21-17-7-3-13(25-17)11-15-5-9-19(27-15)22(24-2)20-10-6-16(28-20)12-14-4-8-18(21)26-14;;;;;;;;;;;/h3-12,23-24H,1-2H3;;;8*1H;/q-2;2*+3;;;;;;;;;+2/p-6. The van der Waals surface area contributed by atoms with Crippen molar-refractivity contribution in [2.45, 2.75) is 0 Å². The molecule has 8 bridgehead atoms. The van der Waals surface area contributed by atoms with Crippen LogP contribution in [0.25, 0.3) is 46.4 Å². The van der Waals surface area contributed by atoms with Gasteiger partial charge in [0.25, 0.3) is 0 Å². The second-order valence-electron chi connectivity index (χ2n) is 7.70. The van der Waals surface area contributed by atoms with Crippen molar-refractivity contribution in [2.24, 2.45) is 0 Å². The van der Waals surface area contributed by atoms with Crippen LogP contribution in [0.2, 0.25) is 0 Å². The summed E-state index contributed by atoms with van der Waals surface area (Å²) in [4.78, 5) is 19.1. The van der Waals surface area contributed by atoms with Crippen molar-refractivity contribution >= 4 is 157 Å². The Balaban J connectivity index is 0.000000419. The van der Waals surface area contributed by atoms with Gasteiger partial charge in [-0.1, -0.05) is 47.4 Å². The average molecular weight is 762 g/mol. The topological polar surface area (TPSA) is 87.2 Å². The van der Waals surface area contributed by atoms with E-state index in [4.69, 9.17) is 100 Å². The Morgan fingerprint density at radius 3 is 1.23 bits per heavy atom. The Hall–Kier alpha value is 0.424. The largest absolute Gasteiger partial charge is 2.00 e. The first-order valence-electron chi connectivity index (χ1n) is 11.1. The van der Waals surface area contributed by atoms with Gasteiger partial charge < -0.3 is 101 Å². The van der Waals surface area contributed by atoms with Gasteiger partial charge in [0.1, 0.15) is 22.8 Å². The molecule has 4 N–H and O–H groups in total. The number of halogens is 8. The number of aromatic nitrogens is 4. The van der Waals surface area contributed by atoms with Crippen molar-refractivity contribution in [1.29, 1.82) is 0 Å². The van der Waals surface area contributed by atoms with Crippen LogP contribution in [0.5, 0.6) is 0 Å². The Bertz CT molecular complexity index is 1390. The van der Waals surface area contributed by atoms with Crippen LogP contribution in [0, 0.1) is 0 Å². The Morgan fingerprint density at radius 1 is 0.590 bits per heavy atom. The van der Waals surface area contributed by atoms with Gasteiger partial charge in [-0.25, -0.2) is 9.97 Å². The van der Waals surface area contributed by atoms with Crippen LogP contribution >= 0.6 is 80.4 Å². The summed E-state index contributed by atoms with van der Waals surface area (Å²) >= 11 is 0. The van der Waals surface area contributed by atoms with Gasteiger partial charge in [-0.2, -0.15) is 0 Å². The molecular weight excluding hydrogens is 742 g/mol. The van der Waals surface area contributed by atoms with Gasteiger partial charge in [0, 0.05) is 0 Å². The van der Waals surface area contributed by atoms with E-state index >= 15 is 0 Å². The summed E-state index contributed by atoms with van der Waals surface area (Å²) in [6.45, 7) is 0. The number of nitrogens with two attached hydrogens (primary N) is 2. The molecular formula is C22H20Al2Cl8FeN6. The molecule has 0 atom stereocenters. The fourth-order valence-electron chi connectivity index (χ4n) is 3.59. The van der Waals surface area contributed by atoms with Crippen LogP contribution in [0.1, 0.15) is 22.8 Å². The van der Waals surface area contributed by atoms with E-state index < -0.39 is 18.8 Å². The van der Waals surface area contributed by atoms with E-state index in [1.165, 1.54) is 0 Å². The molecule has 0 aliphatic carbocycles. The van der Waals surface area contributed by atoms with E-state index in [-0.39, 0.29) is 17.1 Å².